The van der Waals surface area contributed by atoms with Crippen molar-refractivity contribution in [2.45, 2.75) is 40.5 Å². The number of rotatable bonds is 9. The summed E-state index contributed by atoms with van der Waals surface area (Å²) in [6.07, 6.45) is 1.77. The Morgan fingerprint density at radius 3 is 2.15 bits per heavy atom. The fourth-order valence-electron chi connectivity index (χ4n) is 2.88. The van der Waals surface area contributed by atoms with E-state index in [0.717, 1.165) is 29.7 Å². The highest BCUT2D eigenvalue weighted by atomic mass is 16.5. The van der Waals surface area contributed by atoms with Crippen LogP contribution in [0.4, 0.5) is 0 Å². The van der Waals surface area contributed by atoms with Gasteiger partial charge in [-0.3, -0.25) is 4.79 Å². The Kier molecular flexibility index (Phi) is 8.05. The molecule has 0 aliphatic heterocycles. The second-order valence-electron chi connectivity index (χ2n) is 7.56. The zero-order valence-electron chi connectivity index (χ0n) is 16.7. The molecule has 4 heteroatoms. The van der Waals surface area contributed by atoms with Crippen molar-refractivity contribution in [3.05, 3.63) is 54.6 Å². The van der Waals surface area contributed by atoms with Gasteiger partial charge in [0.1, 0.15) is 5.75 Å². The molecule has 0 heterocycles. The number of ether oxygens (including phenoxy) is 1. The van der Waals surface area contributed by atoms with Gasteiger partial charge < -0.3 is 4.74 Å². The Labute approximate surface area is 162 Å². The Morgan fingerprint density at radius 1 is 0.926 bits per heavy atom. The van der Waals surface area contributed by atoms with E-state index in [1.807, 2.05) is 54.6 Å². The fraction of sp³-hybridized carbons (Fsp3) is 0.391. The molecule has 144 valence electrons. The molecule has 0 atom stereocenters. The molecule has 0 bridgehead atoms. The van der Waals surface area contributed by atoms with Crippen LogP contribution in [-0.4, -0.2) is 18.2 Å². The predicted molar refractivity (Wildman–Crippen MR) is 112 cm³/mol. The van der Waals surface area contributed by atoms with E-state index in [0.29, 0.717) is 17.6 Å². The number of carbonyl (C=O) groups excluding carboxylic acids is 1. The Balaban J connectivity index is 1.98. The topological polar surface area (TPSA) is 50.7 Å². The molecule has 0 saturated carbocycles. The highest BCUT2D eigenvalue weighted by Gasteiger charge is 2.10. The van der Waals surface area contributed by atoms with Crippen molar-refractivity contribution >= 4 is 11.6 Å². The SMILES string of the molecule is CC(C)CC(CC(C)C)=NNC(=O)COc1ccccc1-c1ccccc1. The first-order valence-electron chi connectivity index (χ1n) is 9.57. The van der Waals surface area contributed by atoms with Crippen molar-refractivity contribution in [2.24, 2.45) is 16.9 Å². The Hall–Kier alpha value is -2.62. The van der Waals surface area contributed by atoms with Crippen LogP contribution >= 0.6 is 0 Å². The van der Waals surface area contributed by atoms with Crippen LogP contribution in [0.15, 0.2) is 59.7 Å². The number of hydrazone groups is 1. The minimum Gasteiger partial charge on any atom is -0.483 e. The van der Waals surface area contributed by atoms with Crippen molar-refractivity contribution in [3.8, 4) is 16.9 Å². The van der Waals surface area contributed by atoms with Crippen LogP contribution in [-0.2, 0) is 4.79 Å². The van der Waals surface area contributed by atoms with Crippen LogP contribution in [0.1, 0.15) is 40.5 Å². The van der Waals surface area contributed by atoms with Gasteiger partial charge >= 0.3 is 0 Å². The number of amides is 1. The molecule has 0 aliphatic rings. The third kappa shape index (κ3) is 7.26. The molecule has 0 fully saturated rings. The van der Waals surface area contributed by atoms with Crippen LogP contribution < -0.4 is 10.2 Å². The van der Waals surface area contributed by atoms with Gasteiger partial charge in [0.2, 0.25) is 0 Å². The standard InChI is InChI=1S/C23H30N2O2/c1-17(2)14-20(15-18(3)4)24-25-23(26)16-27-22-13-9-8-12-21(22)19-10-6-5-7-11-19/h5-13,17-18H,14-16H2,1-4H3,(H,25,26). The van der Waals surface area contributed by atoms with Gasteiger partial charge in [0, 0.05) is 11.3 Å². The summed E-state index contributed by atoms with van der Waals surface area (Å²) in [5.74, 6) is 1.46. The zero-order valence-corrected chi connectivity index (χ0v) is 16.7. The van der Waals surface area contributed by atoms with E-state index in [-0.39, 0.29) is 12.5 Å². The average Bonchev–Trinajstić information content (AvgIpc) is 2.64. The summed E-state index contributed by atoms with van der Waals surface area (Å²) in [6.45, 7) is 8.55. The smallest absolute Gasteiger partial charge is 0.277 e. The third-order valence-electron chi connectivity index (χ3n) is 3.96. The van der Waals surface area contributed by atoms with Gasteiger partial charge in [-0.2, -0.15) is 5.10 Å². The van der Waals surface area contributed by atoms with E-state index in [1.54, 1.807) is 0 Å². The second kappa shape index (κ2) is 10.5. The third-order valence-corrected chi connectivity index (χ3v) is 3.96. The molecule has 0 spiro atoms. The first-order chi connectivity index (χ1) is 13.0. The summed E-state index contributed by atoms with van der Waals surface area (Å²) in [5, 5.41) is 4.33. The molecule has 0 saturated heterocycles. The maximum absolute atomic E-state index is 12.2. The zero-order chi connectivity index (χ0) is 19.6. The molecular weight excluding hydrogens is 336 g/mol. The Bertz CT molecular complexity index is 740. The van der Waals surface area contributed by atoms with Gasteiger partial charge in [-0.15, -0.1) is 0 Å². The fourth-order valence-corrected chi connectivity index (χ4v) is 2.88. The molecule has 4 nitrogen and oxygen atoms in total. The number of nitrogens with zero attached hydrogens (tertiary/aromatic N) is 1. The van der Waals surface area contributed by atoms with Crippen LogP contribution in [0.3, 0.4) is 0 Å². The average molecular weight is 367 g/mol. The van der Waals surface area contributed by atoms with Gasteiger partial charge in [0.15, 0.2) is 6.61 Å². The van der Waals surface area contributed by atoms with Crippen molar-refractivity contribution in [2.75, 3.05) is 6.61 Å². The number of para-hydroxylation sites is 1. The van der Waals surface area contributed by atoms with Crippen LogP contribution in [0.5, 0.6) is 5.75 Å². The summed E-state index contributed by atoms with van der Waals surface area (Å²) in [4.78, 5) is 12.2. The van der Waals surface area contributed by atoms with Gasteiger partial charge in [0.25, 0.3) is 5.91 Å². The molecule has 2 rings (SSSR count). The monoisotopic (exact) mass is 366 g/mol. The van der Waals surface area contributed by atoms with E-state index in [1.165, 1.54) is 0 Å². The minimum atomic E-state index is -0.247. The maximum Gasteiger partial charge on any atom is 0.277 e. The number of nitrogens with one attached hydrogen (secondary N) is 1. The van der Waals surface area contributed by atoms with Crippen LogP contribution in [0, 0.1) is 11.8 Å². The second-order valence-corrected chi connectivity index (χ2v) is 7.56. The van der Waals surface area contributed by atoms with Gasteiger partial charge in [-0.25, -0.2) is 5.43 Å². The molecule has 0 aliphatic carbocycles. The van der Waals surface area contributed by atoms with Crippen LogP contribution in [0.2, 0.25) is 0 Å². The van der Waals surface area contributed by atoms with E-state index >= 15 is 0 Å². The number of carbonyl (C=O) groups is 1. The summed E-state index contributed by atoms with van der Waals surface area (Å²) >= 11 is 0. The molecule has 2 aromatic carbocycles. The normalized spacial score (nSPS) is 10.7. The molecule has 0 aromatic heterocycles. The highest BCUT2D eigenvalue weighted by molar-refractivity contribution is 5.87. The number of hydrogen-bond donors (Lipinski definition) is 1. The lowest BCUT2D eigenvalue weighted by molar-refractivity contribution is -0.123. The largest absolute Gasteiger partial charge is 0.483 e. The van der Waals surface area contributed by atoms with Gasteiger partial charge in [0.05, 0.1) is 0 Å². The summed E-state index contributed by atoms with van der Waals surface area (Å²) in [6, 6.07) is 17.7. The molecule has 27 heavy (non-hydrogen) atoms. The van der Waals surface area contributed by atoms with E-state index < -0.39 is 0 Å². The first kappa shape index (κ1) is 20.7. The van der Waals surface area contributed by atoms with E-state index in [9.17, 15) is 4.79 Å². The lowest BCUT2D eigenvalue weighted by atomic mass is 9.99. The maximum atomic E-state index is 12.2. The van der Waals surface area contributed by atoms with E-state index in [2.05, 4.69) is 38.2 Å². The number of benzene rings is 2. The molecule has 1 amide bonds. The highest BCUT2D eigenvalue weighted by Crippen LogP contribution is 2.29. The predicted octanol–water partition coefficient (Wildman–Crippen LogP) is 5.30. The summed E-state index contributed by atoms with van der Waals surface area (Å²) < 4.78 is 5.77. The quantitative estimate of drug-likeness (QED) is 0.484. The molecule has 2 aromatic rings. The lowest BCUT2D eigenvalue weighted by Crippen LogP contribution is -2.26. The van der Waals surface area contributed by atoms with Crippen LogP contribution in [0.25, 0.3) is 11.1 Å². The molecule has 0 unspecified atom stereocenters. The summed E-state index contributed by atoms with van der Waals surface area (Å²) in [7, 11) is 0. The first-order valence-corrected chi connectivity index (χ1v) is 9.57. The van der Waals surface area contributed by atoms with Gasteiger partial charge in [-0.05, 0) is 36.3 Å². The minimum absolute atomic E-state index is 0.0655. The molecule has 0 radical (unpaired) electrons. The van der Waals surface area contributed by atoms with E-state index in [4.69, 9.17) is 4.74 Å². The van der Waals surface area contributed by atoms with Gasteiger partial charge in [-0.1, -0.05) is 76.2 Å². The van der Waals surface area contributed by atoms with Crippen molar-refractivity contribution in [3.63, 3.8) is 0 Å². The van der Waals surface area contributed by atoms with Crippen molar-refractivity contribution < 1.29 is 9.53 Å². The molecular formula is C23H30N2O2. The van der Waals surface area contributed by atoms with Crippen molar-refractivity contribution in [1.82, 2.24) is 5.43 Å². The van der Waals surface area contributed by atoms with Crippen molar-refractivity contribution in [1.29, 1.82) is 0 Å². The molecule has 1 N–H and O–H groups in total. The summed E-state index contributed by atoms with van der Waals surface area (Å²) in [5.41, 5.74) is 5.70. The Morgan fingerprint density at radius 2 is 1.52 bits per heavy atom. The lowest BCUT2D eigenvalue weighted by Gasteiger charge is -2.13. The number of hydrogen-bond acceptors (Lipinski definition) is 3.